The van der Waals surface area contributed by atoms with Gasteiger partial charge in [0.2, 0.25) is 0 Å². The Bertz CT molecular complexity index is 839. The zero-order valence-electron chi connectivity index (χ0n) is 13.2. The van der Waals surface area contributed by atoms with Gasteiger partial charge < -0.3 is 15.8 Å². The first-order valence-electron chi connectivity index (χ1n) is 8.09. The third-order valence-corrected chi connectivity index (χ3v) is 4.39. The molecule has 4 rings (SSSR count). The molecule has 6 nitrogen and oxygen atoms in total. The van der Waals surface area contributed by atoms with Crippen LogP contribution >= 0.6 is 0 Å². The molecule has 2 atom stereocenters. The molecule has 0 aliphatic carbocycles. The van der Waals surface area contributed by atoms with Gasteiger partial charge >= 0.3 is 0 Å². The molecule has 2 aromatic heterocycles. The van der Waals surface area contributed by atoms with Gasteiger partial charge in [-0.3, -0.25) is 0 Å². The Labute approximate surface area is 140 Å². The van der Waals surface area contributed by atoms with Crippen molar-refractivity contribution in [1.82, 2.24) is 15.0 Å². The van der Waals surface area contributed by atoms with Crippen molar-refractivity contribution in [3.05, 3.63) is 54.4 Å². The Morgan fingerprint density at radius 3 is 2.88 bits per heavy atom. The fourth-order valence-electron chi connectivity index (χ4n) is 3.18. The Morgan fingerprint density at radius 1 is 1.12 bits per heavy atom. The summed E-state index contributed by atoms with van der Waals surface area (Å²) in [7, 11) is 0. The predicted octanol–water partition coefficient (Wildman–Crippen LogP) is 2.80. The molecular formula is C18H19N5O. The molecule has 1 aliphatic heterocycles. The Kier molecular flexibility index (Phi) is 3.96. The molecule has 6 heteroatoms. The quantitative estimate of drug-likeness (QED) is 0.768. The summed E-state index contributed by atoms with van der Waals surface area (Å²) in [5.74, 6) is 1.64. The molecule has 1 saturated heterocycles. The van der Waals surface area contributed by atoms with E-state index in [-0.39, 0.29) is 6.10 Å². The summed E-state index contributed by atoms with van der Waals surface area (Å²) in [6, 6.07) is 14.0. The van der Waals surface area contributed by atoms with Gasteiger partial charge in [-0.15, -0.1) is 0 Å². The van der Waals surface area contributed by atoms with Crippen LogP contribution in [0.3, 0.4) is 0 Å². The van der Waals surface area contributed by atoms with Crippen molar-refractivity contribution in [2.45, 2.75) is 12.5 Å². The first-order chi connectivity index (χ1) is 11.8. The monoisotopic (exact) mass is 321 g/mol. The van der Waals surface area contributed by atoms with Gasteiger partial charge in [0, 0.05) is 19.1 Å². The van der Waals surface area contributed by atoms with Crippen molar-refractivity contribution in [2.24, 2.45) is 5.92 Å². The average molecular weight is 321 g/mol. The molecular weight excluding hydrogens is 302 g/mol. The molecule has 24 heavy (non-hydrogen) atoms. The van der Waals surface area contributed by atoms with Crippen LogP contribution in [-0.4, -0.2) is 28.1 Å². The molecule has 0 spiro atoms. The minimum absolute atomic E-state index is 0.126. The third-order valence-electron chi connectivity index (χ3n) is 4.39. The van der Waals surface area contributed by atoms with Gasteiger partial charge in [0.05, 0.1) is 11.5 Å². The lowest BCUT2D eigenvalue weighted by Crippen LogP contribution is -2.18. The second kappa shape index (κ2) is 6.41. The maximum atomic E-state index is 5.94. The molecule has 0 bridgehead atoms. The number of fused-ring (bicyclic) bond motifs is 1. The van der Waals surface area contributed by atoms with E-state index in [9.17, 15) is 0 Å². The van der Waals surface area contributed by atoms with E-state index >= 15 is 0 Å². The summed E-state index contributed by atoms with van der Waals surface area (Å²) in [6.07, 6.45) is 2.66. The molecule has 0 amide bonds. The summed E-state index contributed by atoms with van der Waals surface area (Å²) in [4.78, 5) is 12.8. The van der Waals surface area contributed by atoms with E-state index in [4.69, 9.17) is 10.5 Å². The number of hydrogen-bond acceptors (Lipinski definition) is 6. The number of pyridine rings is 1. The second-order valence-corrected chi connectivity index (χ2v) is 5.96. The maximum Gasteiger partial charge on any atom is 0.166 e. The average Bonchev–Trinajstić information content (AvgIpc) is 3.09. The molecule has 1 fully saturated rings. The molecule has 0 radical (unpaired) electrons. The van der Waals surface area contributed by atoms with E-state index < -0.39 is 0 Å². The first kappa shape index (κ1) is 14.8. The summed E-state index contributed by atoms with van der Waals surface area (Å²) in [5, 5.41) is 4.31. The molecule has 3 N–H and O–H groups in total. The standard InChI is InChI=1S/C18H19N5O/c19-15-7-6-14-17(21-11-22-18(14)23-15)20-10-13-8-9-24-16(13)12-4-2-1-3-5-12/h1-7,11,13,16H,8-10H2,(H3,19,20,21,22,23)/t13-,16+/m1/s1. The van der Waals surface area contributed by atoms with Crippen molar-refractivity contribution in [3.8, 4) is 0 Å². The zero-order chi connectivity index (χ0) is 16.4. The summed E-state index contributed by atoms with van der Waals surface area (Å²) >= 11 is 0. The van der Waals surface area contributed by atoms with Crippen molar-refractivity contribution in [1.29, 1.82) is 0 Å². The van der Waals surface area contributed by atoms with Crippen LogP contribution in [0.15, 0.2) is 48.8 Å². The third kappa shape index (κ3) is 2.88. The number of hydrogen-bond donors (Lipinski definition) is 2. The fourth-order valence-corrected chi connectivity index (χ4v) is 3.18. The Hall–Kier alpha value is -2.73. The highest BCUT2D eigenvalue weighted by Crippen LogP contribution is 2.34. The summed E-state index contributed by atoms with van der Waals surface area (Å²) in [6.45, 7) is 1.57. The van der Waals surface area contributed by atoms with E-state index in [1.165, 1.54) is 11.9 Å². The lowest BCUT2D eigenvalue weighted by Gasteiger charge is -2.20. The van der Waals surface area contributed by atoms with E-state index in [1.807, 2.05) is 12.1 Å². The van der Waals surface area contributed by atoms with Crippen molar-refractivity contribution in [3.63, 3.8) is 0 Å². The number of aromatic nitrogens is 3. The number of anilines is 2. The highest BCUT2D eigenvalue weighted by molar-refractivity contribution is 5.87. The lowest BCUT2D eigenvalue weighted by molar-refractivity contribution is 0.0933. The van der Waals surface area contributed by atoms with E-state index in [1.54, 1.807) is 6.07 Å². The zero-order valence-corrected chi connectivity index (χ0v) is 13.2. The summed E-state index contributed by atoms with van der Waals surface area (Å²) < 4.78 is 5.94. The van der Waals surface area contributed by atoms with Gasteiger partial charge in [-0.2, -0.15) is 0 Å². The second-order valence-electron chi connectivity index (χ2n) is 5.96. The number of nitrogen functional groups attached to an aromatic ring is 1. The highest BCUT2D eigenvalue weighted by atomic mass is 16.5. The predicted molar refractivity (Wildman–Crippen MR) is 93.5 cm³/mol. The largest absolute Gasteiger partial charge is 0.384 e. The summed E-state index contributed by atoms with van der Waals surface area (Å²) in [5.41, 5.74) is 7.55. The maximum absolute atomic E-state index is 5.94. The van der Waals surface area contributed by atoms with Gasteiger partial charge in [-0.1, -0.05) is 30.3 Å². The molecule has 1 aliphatic rings. The van der Waals surface area contributed by atoms with Crippen LogP contribution in [0.2, 0.25) is 0 Å². The van der Waals surface area contributed by atoms with Gasteiger partial charge in [-0.05, 0) is 24.1 Å². The minimum atomic E-state index is 0.126. The molecule has 3 aromatic rings. The topological polar surface area (TPSA) is 86.0 Å². The molecule has 0 saturated carbocycles. The number of rotatable bonds is 4. The number of nitrogens with zero attached hydrogens (tertiary/aromatic N) is 3. The van der Waals surface area contributed by atoms with Crippen LogP contribution in [0.5, 0.6) is 0 Å². The Balaban J connectivity index is 1.52. The Morgan fingerprint density at radius 2 is 2.00 bits per heavy atom. The van der Waals surface area contributed by atoms with Gasteiger partial charge in [0.15, 0.2) is 5.65 Å². The van der Waals surface area contributed by atoms with Crippen LogP contribution in [0, 0.1) is 5.92 Å². The van der Waals surface area contributed by atoms with Crippen molar-refractivity contribution < 1.29 is 4.74 Å². The van der Waals surface area contributed by atoms with Gasteiger partial charge in [0.25, 0.3) is 0 Å². The highest BCUT2D eigenvalue weighted by Gasteiger charge is 2.29. The molecule has 122 valence electrons. The smallest absolute Gasteiger partial charge is 0.166 e. The number of benzene rings is 1. The lowest BCUT2D eigenvalue weighted by atomic mass is 9.95. The van der Waals surface area contributed by atoms with Crippen LogP contribution in [-0.2, 0) is 4.74 Å². The molecule has 3 heterocycles. The van der Waals surface area contributed by atoms with E-state index in [2.05, 4.69) is 44.5 Å². The number of nitrogens with one attached hydrogen (secondary N) is 1. The van der Waals surface area contributed by atoms with Crippen molar-refractivity contribution >= 4 is 22.7 Å². The normalized spacial score (nSPS) is 20.3. The number of nitrogens with two attached hydrogens (primary N) is 1. The molecule has 1 aromatic carbocycles. The van der Waals surface area contributed by atoms with Crippen molar-refractivity contribution in [2.75, 3.05) is 24.2 Å². The van der Waals surface area contributed by atoms with Gasteiger partial charge in [0.1, 0.15) is 18.0 Å². The SMILES string of the molecule is Nc1ccc2c(NC[C@H]3CCO[C@H]3c3ccccc3)ncnc2n1. The number of ether oxygens (including phenoxy) is 1. The van der Waals surface area contributed by atoms with Crippen LogP contribution < -0.4 is 11.1 Å². The van der Waals surface area contributed by atoms with E-state index in [0.29, 0.717) is 17.4 Å². The van der Waals surface area contributed by atoms with Gasteiger partial charge in [-0.25, -0.2) is 15.0 Å². The minimum Gasteiger partial charge on any atom is -0.384 e. The molecule has 0 unspecified atom stereocenters. The van der Waals surface area contributed by atoms with Crippen LogP contribution in [0.1, 0.15) is 18.1 Å². The van der Waals surface area contributed by atoms with Crippen LogP contribution in [0.4, 0.5) is 11.6 Å². The fraction of sp³-hybridized carbons (Fsp3) is 0.278. The van der Waals surface area contributed by atoms with Crippen LogP contribution in [0.25, 0.3) is 11.0 Å². The first-order valence-corrected chi connectivity index (χ1v) is 8.09. The van der Waals surface area contributed by atoms with E-state index in [0.717, 1.165) is 30.8 Å².